The van der Waals surface area contributed by atoms with Gasteiger partial charge in [0.25, 0.3) is 5.91 Å². The molecule has 1 amide bonds. The Balaban J connectivity index is 1.40. The topological polar surface area (TPSA) is 91.5 Å². The van der Waals surface area contributed by atoms with Crippen LogP contribution >= 0.6 is 0 Å². The molecule has 4 atom stereocenters. The van der Waals surface area contributed by atoms with Crippen molar-refractivity contribution in [2.45, 2.75) is 6.42 Å². The summed E-state index contributed by atoms with van der Waals surface area (Å²) in [5.74, 6) is 0.788. The van der Waals surface area contributed by atoms with Gasteiger partial charge in [-0.05, 0) is 48.3 Å². The molecule has 2 fully saturated rings. The highest BCUT2D eigenvalue weighted by molar-refractivity contribution is 5.96. The molecule has 7 heteroatoms. The first-order valence-corrected chi connectivity index (χ1v) is 10.1. The number of aliphatic hydroxyl groups excluding tert-OH is 2. The summed E-state index contributed by atoms with van der Waals surface area (Å²) in [6.45, 7) is 1.48. The second-order valence-electron chi connectivity index (χ2n) is 8.18. The van der Waals surface area contributed by atoms with Gasteiger partial charge in [0.05, 0.1) is 5.56 Å². The summed E-state index contributed by atoms with van der Waals surface area (Å²) in [4.78, 5) is 23.9. The average Bonchev–Trinajstić information content (AvgIpc) is 3.46. The van der Waals surface area contributed by atoms with E-state index in [4.69, 9.17) is 0 Å². The maximum absolute atomic E-state index is 13.1. The molecule has 3 heterocycles. The van der Waals surface area contributed by atoms with Crippen molar-refractivity contribution >= 4 is 17.1 Å². The lowest BCUT2D eigenvalue weighted by Gasteiger charge is -2.20. The average molecular weight is 392 g/mol. The second-order valence-corrected chi connectivity index (χ2v) is 8.18. The minimum atomic E-state index is -0.0589. The highest BCUT2D eigenvalue weighted by atomic mass is 16.3. The highest BCUT2D eigenvalue weighted by Gasteiger charge is 2.48. The number of amides is 1. The molecule has 2 aliphatic rings. The normalized spacial score (nSPS) is 26.2. The number of fused-ring (bicyclic) bond motifs is 2. The molecule has 2 N–H and O–H groups in total. The number of imidazole rings is 1. The molecule has 1 aliphatic carbocycles. The molecule has 29 heavy (non-hydrogen) atoms. The van der Waals surface area contributed by atoms with Crippen LogP contribution < -0.4 is 0 Å². The molecule has 3 aromatic rings. The van der Waals surface area contributed by atoms with E-state index in [1.54, 1.807) is 18.6 Å². The lowest BCUT2D eigenvalue weighted by molar-refractivity contribution is 0.0758. The number of rotatable bonds is 4. The van der Waals surface area contributed by atoms with Crippen LogP contribution in [0.1, 0.15) is 16.8 Å². The minimum absolute atomic E-state index is 0.0589. The third-order valence-electron chi connectivity index (χ3n) is 6.65. The van der Waals surface area contributed by atoms with E-state index >= 15 is 0 Å². The van der Waals surface area contributed by atoms with Crippen molar-refractivity contribution in [3.63, 3.8) is 0 Å². The van der Waals surface area contributed by atoms with Crippen LogP contribution in [-0.2, 0) is 0 Å². The van der Waals surface area contributed by atoms with Crippen LogP contribution in [0.25, 0.3) is 16.9 Å². The summed E-state index contributed by atoms with van der Waals surface area (Å²) in [6.07, 6.45) is 4.18. The van der Waals surface area contributed by atoms with Crippen LogP contribution in [0.15, 0.2) is 48.9 Å². The summed E-state index contributed by atoms with van der Waals surface area (Å²) in [5.41, 5.74) is 2.89. The Morgan fingerprint density at radius 1 is 1.03 bits per heavy atom. The first-order valence-electron chi connectivity index (χ1n) is 10.1. The Bertz CT molecular complexity index is 1020. The first-order chi connectivity index (χ1) is 14.2. The number of carbonyl (C=O) groups is 1. The van der Waals surface area contributed by atoms with E-state index in [0.717, 1.165) is 12.1 Å². The molecule has 1 aromatic carbocycles. The highest BCUT2D eigenvalue weighted by Crippen LogP contribution is 2.46. The van der Waals surface area contributed by atoms with E-state index < -0.39 is 0 Å². The molecule has 0 radical (unpaired) electrons. The van der Waals surface area contributed by atoms with Crippen molar-refractivity contribution < 1.29 is 15.0 Å². The van der Waals surface area contributed by atoms with Crippen LogP contribution in [0.5, 0.6) is 0 Å². The number of aromatic nitrogens is 3. The zero-order valence-electron chi connectivity index (χ0n) is 16.1. The SMILES string of the molecule is O=C(c1cnc2c(c1)ncn2-c1ccccc1)N1C[C@@H]2[C@H](CO)C[C@H](CO)[C@@H]2C1. The minimum Gasteiger partial charge on any atom is -0.396 e. The third kappa shape index (κ3) is 3.01. The van der Waals surface area contributed by atoms with E-state index in [9.17, 15) is 15.0 Å². The molecule has 150 valence electrons. The first kappa shape index (κ1) is 18.3. The summed E-state index contributed by atoms with van der Waals surface area (Å²) in [6, 6.07) is 11.7. The molecule has 0 bridgehead atoms. The fourth-order valence-electron chi connectivity index (χ4n) is 5.15. The summed E-state index contributed by atoms with van der Waals surface area (Å²) in [7, 11) is 0. The fraction of sp³-hybridized carbons (Fsp3) is 0.409. The summed E-state index contributed by atoms with van der Waals surface area (Å²) >= 11 is 0. The van der Waals surface area contributed by atoms with Gasteiger partial charge < -0.3 is 15.1 Å². The van der Waals surface area contributed by atoms with Gasteiger partial charge in [0.1, 0.15) is 11.8 Å². The lowest BCUT2D eigenvalue weighted by Crippen LogP contribution is -2.31. The Morgan fingerprint density at radius 3 is 2.38 bits per heavy atom. The van der Waals surface area contributed by atoms with Crippen molar-refractivity contribution in [3.8, 4) is 5.69 Å². The maximum atomic E-state index is 13.1. The molecule has 5 rings (SSSR count). The molecular formula is C22H24N4O3. The van der Waals surface area contributed by atoms with Crippen molar-refractivity contribution in [1.29, 1.82) is 0 Å². The fourth-order valence-corrected chi connectivity index (χ4v) is 5.15. The number of likely N-dealkylation sites (tertiary alicyclic amines) is 1. The van der Waals surface area contributed by atoms with E-state index in [1.807, 2.05) is 39.8 Å². The number of hydrogen-bond donors (Lipinski definition) is 2. The van der Waals surface area contributed by atoms with Gasteiger partial charge in [-0.1, -0.05) is 18.2 Å². The van der Waals surface area contributed by atoms with Gasteiger partial charge in [0, 0.05) is 38.2 Å². The molecule has 0 spiro atoms. The van der Waals surface area contributed by atoms with Crippen molar-refractivity contribution in [2.75, 3.05) is 26.3 Å². The largest absolute Gasteiger partial charge is 0.396 e. The van der Waals surface area contributed by atoms with Gasteiger partial charge in [-0.25, -0.2) is 9.97 Å². The van der Waals surface area contributed by atoms with Gasteiger partial charge in [0.2, 0.25) is 0 Å². The molecule has 1 saturated carbocycles. The monoisotopic (exact) mass is 392 g/mol. The van der Waals surface area contributed by atoms with E-state index in [2.05, 4.69) is 9.97 Å². The van der Waals surface area contributed by atoms with Crippen molar-refractivity contribution in [1.82, 2.24) is 19.4 Å². The predicted molar refractivity (Wildman–Crippen MR) is 108 cm³/mol. The molecule has 1 aliphatic heterocycles. The second kappa shape index (κ2) is 7.24. The Hall–Kier alpha value is -2.77. The van der Waals surface area contributed by atoms with Crippen LogP contribution in [0.4, 0.5) is 0 Å². The zero-order chi connectivity index (χ0) is 20.0. The molecule has 0 unspecified atom stereocenters. The van der Waals surface area contributed by atoms with Gasteiger partial charge >= 0.3 is 0 Å². The molecule has 7 nitrogen and oxygen atoms in total. The van der Waals surface area contributed by atoms with Crippen molar-refractivity contribution in [2.24, 2.45) is 23.7 Å². The molecule has 2 aromatic heterocycles. The number of nitrogens with zero attached hydrogens (tertiary/aromatic N) is 4. The summed E-state index contributed by atoms with van der Waals surface area (Å²) in [5, 5.41) is 19.4. The third-order valence-corrected chi connectivity index (χ3v) is 6.65. The number of carbonyl (C=O) groups excluding carboxylic acids is 1. The van der Waals surface area contributed by atoms with Gasteiger partial charge in [-0.15, -0.1) is 0 Å². The van der Waals surface area contributed by atoms with Crippen LogP contribution in [-0.4, -0.2) is 61.9 Å². The lowest BCUT2D eigenvalue weighted by atomic mass is 9.91. The Morgan fingerprint density at radius 2 is 1.72 bits per heavy atom. The maximum Gasteiger partial charge on any atom is 0.255 e. The van der Waals surface area contributed by atoms with E-state index in [1.165, 1.54) is 0 Å². The Labute approximate surface area is 168 Å². The van der Waals surface area contributed by atoms with Crippen LogP contribution in [0.2, 0.25) is 0 Å². The van der Waals surface area contributed by atoms with Crippen molar-refractivity contribution in [3.05, 3.63) is 54.5 Å². The number of aliphatic hydroxyl groups is 2. The van der Waals surface area contributed by atoms with E-state index in [-0.39, 0.29) is 42.8 Å². The smallest absolute Gasteiger partial charge is 0.255 e. The van der Waals surface area contributed by atoms with E-state index in [0.29, 0.717) is 29.8 Å². The number of benzene rings is 1. The van der Waals surface area contributed by atoms with Gasteiger partial charge in [0.15, 0.2) is 5.65 Å². The number of para-hydroxylation sites is 1. The molecule has 1 saturated heterocycles. The predicted octanol–water partition coefficient (Wildman–Crippen LogP) is 1.73. The summed E-state index contributed by atoms with van der Waals surface area (Å²) < 4.78 is 1.90. The Kier molecular flexibility index (Phi) is 4.56. The van der Waals surface area contributed by atoms with Crippen LogP contribution in [0, 0.1) is 23.7 Å². The zero-order valence-corrected chi connectivity index (χ0v) is 16.1. The quantitative estimate of drug-likeness (QED) is 0.706. The van der Waals surface area contributed by atoms with Gasteiger partial charge in [-0.3, -0.25) is 9.36 Å². The number of pyridine rings is 1. The standard InChI is InChI=1S/C22H24N4O3/c27-11-15-6-16(12-28)19-10-25(9-18(15)19)22(29)14-7-20-21(23-8-14)26(13-24-20)17-4-2-1-3-5-17/h1-5,7-8,13,15-16,18-19,27-28H,6,9-12H2/t15-,16+,18+,19-. The van der Waals surface area contributed by atoms with Crippen LogP contribution in [0.3, 0.4) is 0 Å². The number of hydrogen-bond acceptors (Lipinski definition) is 5. The molecular weight excluding hydrogens is 368 g/mol. The van der Waals surface area contributed by atoms with Gasteiger partial charge in [-0.2, -0.15) is 0 Å².